The summed E-state index contributed by atoms with van der Waals surface area (Å²) in [5, 5.41) is 10.5. The molecule has 2 unspecified atom stereocenters. The van der Waals surface area contributed by atoms with Crippen LogP contribution in [0.1, 0.15) is 330 Å². The van der Waals surface area contributed by atoms with E-state index in [1.165, 1.54) is 141 Å². The Labute approximate surface area is 511 Å². The summed E-state index contributed by atoms with van der Waals surface area (Å²) in [7, 11) is -9.88. The maximum atomic E-state index is 13.0. The van der Waals surface area contributed by atoms with Gasteiger partial charge in [-0.25, -0.2) is 9.13 Å². The van der Waals surface area contributed by atoms with Gasteiger partial charge in [-0.05, 0) is 31.6 Å². The molecule has 0 fully saturated rings. The van der Waals surface area contributed by atoms with Crippen LogP contribution in [0.4, 0.5) is 0 Å². The van der Waals surface area contributed by atoms with Gasteiger partial charge in [-0.2, -0.15) is 0 Å². The molecule has 0 aromatic rings. The Morgan fingerprint density at radius 2 is 0.548 bits per heavy atom. The quantitative estimate of drug-likeness (QED) is 0.0222. The predicted molar refractivity (Wildman–Crippen MR) is 335 cm³/mol. The number of hydrogen-bond donors (Lipinski definition) is 3. The lowest BCUT2D eigenvalue weighted by molar-refractivity contribution is -0.161. The number of aliphatic hydroxyl groups excluding tert-OH is 1. The van der Waals surface area contributed by atoms with Crippen LogP contribution in [0.15, 0.2) is 0 Å². The fraction of sp³-hybridized carbons (Fsp3) is 0.938. The maximum absolute atomic E-state index is 13.0. The summed E-state index contributed by atoms with van der Waals surface area (Å²) in [6, 6.07) is 0. The fourth-order valence-electron chi connectivity index (χ4n) is 9.76. The van der Waals surface area contributed by atoms with Gasteiger partial charge in [0, 0.05) is 25.7 Å². The molecule has 0 radical (unpaired) electrons. The molecule has 0 aliphatic carbocycles. The first-order chi connectivity index (χ1) is 40.5. The molecule has 0 aromatic heterocycles. The first-order valence-electron chi connectivity index (χ1n) is 34.1. The van der Waals surface area contributed by atoms with Gasteiger partial charge in [0.15, 0.2) is 12.2 Å². The van der Waals surface area contributed by atoms with Crippen molar-refractivity contribution < 1.29 is 80.2 Å². The third-order valence-electron chi connectivity index (χ3n) is 15.0. The van der Waals surface area contributed by atoms with Crippen LogP contribution in [-0.2, 0) is 65.4 Å². The van der Waals surface area contributed by atoms with Crippen molar-refractivity contribution in [1.29, 1.82) is 0 Å². The van der Waals surface area contributed by atoms with Crippen molar-refractivity contribution in [2.75, 3.05) is 39.6 Å². The Morgan fingerprint density at radius 1 is 0.321 bits per heavy atom. The Balaban J connectivity index is 5.21. The number of rotatable bonds is 65. The van der Waals surface area contributed by atoms with Gasteiger partial charge in [0.2, 0.25) is 0 Å². The van der Waals surface area contributed by atoms with Crippen LogP contribution in [-0.4, -0.2) is 96.7 Å². The lowest BCUT2D eigenvalue weighted by Crippen LogP contribution is -2.30. The summed E-state index contributed by atoms with van der Waals surface area (Å²) >= 11 is 0. The number of phosphoric ester groups is 2. The smallest absolute Gasteiger partial charge is 0.462 e. The van der Waals surface area contributed by atoms with E-state index in [1.807, 2.05) is 0 Å². The third-order valence-corrected chi connectivity index (χ3v) is 16.9. The van der Waals surface area contributed by atoms with E-state index in [0.29, 0.717) is 25.7 Å². The predicted octanol–water partition coefficient (Wildman–Crippen LogP) is 18.2. The summed E-state index contributed by atoms with van der Waals surface area (Å²) in [6.45, 7) is 7.14. The van der Waals surface area contributed by atoms with Crippen molar-refractivity contribution in [1.82, 2.24) is 0 Å². The second kappa shape index (κ2) is 58.7. The van der Waals surface area contributed by atoms with Crippen LogP contribution in [0.2, 0.25) is 0 Å². The van der Waals surface area contributed by atoms with Gasteiger partial charge in [0.1, 0.15) is 19.3 Å². The van der Waals surface area contributed by atoms with E-state index in [1.54, 1.807) is 0 Å². The SMILES string of the molecule is CCCCCCCCCCCCCCCCCC(=O)O[C@H](COC(=O)CCCCCCCCCCCC(C)C)COP(=O)(O)OC[C@@H](O)COP(=O)(O)OC[C@@H](COC(=O)CCCCCCCCC)OC(=O)CCCCCCCCCCCC. The van der Waals surface area contributed by atoms with Crippen LogP contribution >= 0.6 is 15.6 Å². The molecule has 17 nitrogen and oxygen atoms in total. The lowest BCUT2D eigenvalue weighted by atomic mass is 10.0. The molecule has 0 saturated heterocycles. The molecular formula is C65H126O17P2. The van der Waals surface area contributed by atoms with Crippen LogP contribution in [0.3, 0.4) is 0 Å². The van der Waals surface area contributed by atoms with E-state index in [0.717, 1.165) is 109 Å². The molecule has 0 saturated carbocycles. The molecule has 0 spiro atoms. The van der Waals surface area contributed by atoms with Crippen molar-refractivity contribution in [2.45, 2.75) is 348 Å². The molecule has 5 atom stereocenters. The van der Waals surface area contributed by atoms with Gasteiger partial charge in [-0.1, -0.05) is 279 Å². The fourth-order valence-corrected chi connectivity index (χ4v) is 11.3. The summed E-state index contributed by atoms with van der Waals surface area (Å²) in [5.74, 6) is -1.39. The molecule has 0 aliphatic rings. The first kappa shape index (κ1) is 82.1. The number of esters is 4. The Morgan fingerprint density at radius 3 is 0.810 bits per heavy atom. The zero-order valence-electron chi connectivity index (χ0n) is 54.0. The van der Waals surface area contributed by atoms with E-state index in [-0.39, 0.29) is 25.7 Å². The molecule has 19 heteroatoms. The van der Waals surface area contributed by atoms with Crippen LogP contribution < -0.4 is 0 Å². The van der Waals surface area contributed by atoms with Gasteiger partial charge >= 0.3 is 39.5 Å². The van der Waals surface area contributed by atoms with Gasteiger partial charge in [-0.15, -0.1) is 0 Å². The molecule has 0 amide bonds. The standard InChI is InChI=1S/C65H126O17P2/c1-6-9-12-15-18-20-22-23-24-25-26-30-36-41-46-51-65(70)82-61(55-76-63(68)49-44-39-34-31-27-28-33-37-42-47-58(4)5)57-80-84(73,74)78-53-59(66)52-77-83(71,72)79-56-60(54-75-62(67)48-43-38-32-17-14-11-8-3)81-64(69)50-45-40-35-29-21-19-16-13-10-7-2/h58-61,66H,6-57H2,1-5H3,(H,71,72)(H,73,74)/t59-,60+,61+/m0/s1. The molecule has 0 aromatic carbocycles. The zero-order valence-corrected chi connectivity index (χ0v) is 55.8. The Kier molecular flexibility index (Phi) is 57.4. The molecular weight excluding hydrogens is 1110 g/mol. The second-order valence-electron chi connectivity index (χ2n) is 24.0. The maximum Gasteiger partial charge on any atom is 0.472 e. The zero-order chi connectivity index (χ0) is 62.0. The number of unbranched alkanes of at least 4 members (excludes halogenated alkanes) is 37. The minimum atomic E-state index is -4.94. The molecule has 0 rings (SSSR count). The normalized spacial score (nSPS) is 14.2. The highest BCUT2D eigenvalue weighted by molar-refractivity contribution is 7.47. The molecule has 0 aliphatic heterocycles. The highest BCUT2D eigenvalue weighted by Crippen LogP contribution is 2.45. The van der Waals surface area contributed by atoms with Crippen LogP contribution in [0.25, 0.3) is 0 Å². The van der Waals surface area contributed by atoms with Gasteiger partial charge in [0.25, 0.3) is 0 Å². The monoisotopic (exact) mass is 1240 g/mol. The van der Waals surface area contributed by atoms with Crippen molar-refractivity contribution in [2.24, 2.45) is 5.92 Å². The number of carbonyl (C=O) groups excluding carboxylic acids is 4. The van der Waals surface area contributed by atoms with E-state index in [9.17, 15) is 43.2 Å². The van der Waals surface area contributed by atoms with Crippen molar-refractivity contribution in [3.63, 3.8) is 0 Å². The molecule has 498 valence electrons. The number of carbonyl (C=O) groups is 4. The van der Waals surface area contributed by atoms with Crippen molar-refractivity contribution in [3.8, 4) is 0 Å². The third kappa shape index (κ3) is 59.0. The number of hydrogen-bond acceptors (Lipinski definition) is 15. The van der Waals surface area contributed by atoms with Crippen LogP contribution in [0.5, 0.6) is 0 Å². The number of aliphatic hydroxyl groups is 1. The van der Waals surface area contributed by atoms with Gasteiger partial charge in [0.05, 0.1) is 26.4 Å². The summed E-state index contributed by atoms with van der Waals surface area (Å²) in [5.41, 5.74) is 0. The average Bonchev–Trinajstić information content (AvgIpc) is 3.52. The van der Waals surface area contributed by atoms with Crippen LogP contribution in [0, 0.1) is 5.92 Å². The summed E-state index contributed by atoms with van der Waals surface area (Å²) in [6.07, 6.45) is 43.1. The summed E-state index contributed by atoms with van der Waals surface area (Å²) < 4.78 is 68.0. The van der Waals surface area contributed by atoms with E-state index < -0.39 is 97.5 Å². The number of phosphoric acid groups is 2. The minimum Gasteiger partial charge on any atom is -0.462 e. The molecule has 0 heterocycles. The highest BCUT2D eigenvalue weighted by Gasteiger charge is 2.30. The van der Waals surface area contributed by atoms with Gasteiger partial charge < -0.3 is 33.8 Å². The Bertz CT molecular complexity index is 1640. The average molecular weight is 1240 g/mol. The lowest BCUT2D eigenvalue weighted by Gasteiger charge is -2.21. The van der Waals surface area contributed by atoms with E-state index in [4.69, 9.17) is 37.0 Å². The van der Waals surface area contributed by atoms with E-state index >= 15 is 0 Å². The molecule has 0 bridgehead atoms. The number of ether oxygens (including phenoxy) is 4. The van der Waals surface area contributed by atoms with E-state index in [2.05, 4.69) is 34.6 Å². The highest BCUT2D eigenvalue weighted by atomic mass is 31.2. The largest absolute Gasteiger partial charge is 0.472 e. The first-order valence-corrected chi connectivity index (χ1v) is 37.1. The minimum absolute atomic E-state index is 0.106. The second-order valence-corrected chi connectivity index (χ2v) is 26.9. The Hall–Kier alpha value is -1.94. The molecule has 84 heavy (non-hydrogen) atoms. The summed E-state index contributed by atoms with van der Waals surface area (Å²) in [4.78, 5) is 72.1. The van der Waals surface area contributed by atoms with Crippen molar-refractivity contribution in [3.05, 3.63) is 0 Å². The molecule has 3 N–H and O–H groups in total. The van der Waals surface area contributed by atoms with Gasteiger partial charge in [-0.3, -0.25) is 37.3 Å². The van der Waals surface area contributed by atoms with Crippen molar-refractivity contribution >= 4 is 39.5 Å². The topological polar surface area (TPSA) is 237 Å².